The van der Waals surface area contributed by atoms with Crippen LogP contribution in [0.1, 0.15) is 53.6 Å². The zero-order valence-electron chi connectivity index (χ0n) is 18.3. The predicted molar refractivity (Wildman–Crippen MR) is 118 cm³/mol. The number of aryl methyl sites for hydroxylation is 1. The standard InChI is InChI=1S/C23H31N3O5S/c24-32(29,30)20-12-17(11-16-5-1-2-6-19(16)20)21(27)26-13-18-14-31-10-7-23(18,15-26)22(28)25-8-3-4-9-25/h11-12,18H,1-10,13-15H2,(H2,24,29,30). The van der Waals surface area contributed by atoms with Gasteiger partial charge in [0.2, 0.25) is 15.9 Å². The summed E-state index contributed by atoms with van der Waals surface area (Å²) in [5.41, 5.74) is 1.39. The topological polar surface area (TPSA) is 110 Å². The average Bonchev–Trinajstić information content (AvgIpc) is 3.45. The van der Waals surface area contributed by atoms with Crippen molar-refractivity contribution >= 4 is 21.8 Å². The van der Waals surface area contributed by atoms with E-state index in [2.05, 4.69) is 0 Å². The van der Waals surface area contributed by atoms with Crippen molar-refractivity contribution in [3.05, 3.63) is 28.8 Å². The fourth-order valence-corrected chi connectivity index (χ4v) is 6.94. The molecule has 3 heterocycles. The Kier molecular flexibility index (Phi) is 5.54. The molecule has 3 aliphatic heterocycles. The highest BCUT2D eigenvalue weighted by Crippen LogP contribution is 2.45. The lowest BCUT2D eigenvalue weighted by Gasteiger charge is -2.39. The second kappa shape index (κ2) is 8.11. The van der Waals surface area contributed by atoms with Gasteiger partial charge in [0, 0.05) is 44.3 Å². The summed E-state index contributed by atoms with van der Waals surface area (Å²) >= 11 is 0. The smallest absolute Gasteiger partial charge is 0.253 e. The molecule has 32 heavy (non-hydrogen) atoms. The van der Waals surface area contributed by atoms with Gasteiger partial charge in [0.05, 0.1) is 16.9 Å². The Bertz CT molecular complexity index is 1050. The Labute approximate surface area is 189 Å². The summed E-state index contributed by atoms with van der Waals surface area (Å²) in [6.07, 6.45) is 5.94. The van der Waals surface area contributed by atoms with Crippen LogP contribution in [0, 0.1) is 11.3 Å². The third-order valence-electron chi connectivity index (χ3n) is 7.79. The summed E-state index contributed by atoms with van der Waals surface area (Å²) in [5.74, 6) is -0.121. The van der Waals surface area contributed by atoms with Crippen molar-refractivity contribution in [2.45, 2.75) is 49.8 Å². The summed E-state index contributed by atoms with van der Waals surface area (Å²) < 4.78 is 30.2. The lowest BCUT2D eigenvalue weighted by Crippen LogP contribution is -2.51. The molecule has 1 aromatic carbocycles. The van der Waals surface area contributed by atoms with E-state index in [1.165, 1.54) is 6.07 Å². The zero-order valence-corrected chi connectivity index (χ0v) is 19.2. The highest BCUT2D eigenvalue weighted by Gasteiger charge is 2.56. The quantitative estimate of drug-likeness (QED) is 0.730. The third kappa shape index (κ3) is 3.64. The largest absolute Gasteiger partial charge is 0.381 e. The van der Waals surface area contributed by atoms with E-state index < -0.39 is 15.4 Å². The van der Waals surface area contributed by atoms with Gasteiger partial charge in [-0.15, -0.1) is 0 Å². The van der Waals surface area contributed by atoms with E-state index >= 15 is 0 Å². The average molecular weight is 462 g/mol. The van der Waals surface area contributed by atoms with Crippen LogP contribution in [0.2, 0.25) is 0 Å². The van der Waals surface area contributed by atoms with E-state index in [-0.39, 0.29) is 22.6 Å². The van der Waals surface area contributed by atoms with Crippen molar-refractivity contribution in [1.82, 2.24) is 9.80 Å². The Morgan fingerprint density at radius 1 is 1.06 bits per heavy atom. The predicted octanol–water partition coefficient (Wildman–Crippen LogP) is 1.31. The summed E-state index contributed by atoms with van der Waals surface area (Å²) in [6.45, 7) is 3.36. The maximum absolute atomic E-state index is 13.6. The molecule has 2 atom stereocenters. The molecule has 174 valence electrons. The fourth-order valence-electron chi connectivity index (χ4n) is 6.08. The van der Waals surface area contributed by atoms with E-state index in [0.29, 0.717) is 44.7 Å². The molecule has 9 heteroatoms. The Hall–Kier alpha value is -1.97. The number of carbonyl (C=O) groups is 2. The van der Waals surface area contributed by atoms with Gasteiger partial charge in [-0.2, -0.15) is 0 Å². The molecule has 2 unspecified atom stereocenters. The molecule has 5 rings (SSSR count). The second-order valence-corrected chi connectivity index (χ2v) is 11.3. The van der Waals surface area contributed by atoms with Gasteiger partial charge >= 0.3 is 0 Å². The molecule has 1 aliphatic carbocycles. The van der Waals surface area contributed by atoms with E-state index in [1.807, 2.05) is 11.0 Å². The number of nitrogens with two attached hydrogens (primary N) is 1. The third-order valence-corrected chi connectivity index (χ3v) is 8.77. The van der Waals surface area contributed by atoms with Crippen molar-refractivity contribution in [1.29, 1.82) is 0 Å². The van der Waals surface area contributed by atoms with Crippen LogP contribution in [-0.2, 0) is 32.4 Å². The summed E-state index contributed by atoms with van der Waals surface area (Å²) in [6, 6.07) is 3.27. The summed E-state index contributed by atoms with van der Waals surface area (Å²) in [4.78, 5) is 30.8. The fraction of sp³-hybridized carbons (Fsp3) is 0.652. The molecule has 0 radical (unpaired) electrons. The molecule has 0 bridgehead atoms. The number of carbonyl (C=O) groups excluding carboxylic acids is 2. The minimum atomic E-state index is -3.93. The van der Waals surface area contributed by atoms with Crippen LogP contribution in [-0.4, -0.2) is 69.4 Å². The first kappa shape index (κ1) is 21.9. The van der Waals surface area contributed by atoms with E-state index in [9.17, 15) is 18.0 Å². The highest BCUT2D eigenvalue weighted by atomic mass is 32.2. The van der Waals surface area contributed by atoms with Crippen LogP contribution >= 0.6 is 0 Å². The molecule has 0 aromatic heterocycles. The number of rotatable bonds is 3. The molecule has 4 aliphatic rings. The molecule has 3 fully saturated rings. The number of hydrogen-bond acceptors (Lipinski definition) is 5. The molecule has 0 spiro atoms. The molecule has 2 N–H and O–H groups in total. The minimum absolute atomic E-state index is 0.0383. The van der Waals surface area contributed by atoms with Crippen LogP contribution in [0.3, 0.4) is 0 Å². The lowest BCUT2D eigenvalue weighted by molar-refractivity contribution is -0.149. The Balaban J connectivity index is 1.47. The number of likely N-dealkylation sites (tertiary alicyclic amines) is 2. The second-order valence-electron chi connectivity index (χ2n) is 9.73. The first-order valence-corrected chi connectivity index (χ1v) is 13.2. The monoisotopic (exact) mass is 461 g/mol. The van der Waals surface area contributed by atoms with Crippen molar-refractivity contribution in [2.75, 3.05) is 39.4 Å². The van der Waals surface area contributed by atoms with Crippen molar-refractivity contribution in [3.8, 4) is 0 Å². The molecular formula is C23H31N3O5S. The molecule has 2 amide bonds. The van der Waals surface area contributed by atoms with Gasteiger partial charge in [-0.25, -0.2) is 13.6 Å². The maximum Gasteiger partial charge on any atom is 0.253 e. The molecule has 1 aromatic rings. The van der Waals surface area contributed by atoms with Crippen LogP contribution in [0.15, 0.2) is 17.0 Å². The molecule has 8 nitrogen and oxygen atoms in total. The lowest BCUT2D eigenvalue weighted by atomic mass is 9.73. The van der Waals surface area contributed by atoms with Crippen LogP contribution in [0.25, 0.3) is 0 Å². The number of benzene rings is 1. The Morgan fingerprint density at radius 3 is 2.56 bits per heavy atom. The van der Waals surface area contributed by atoms with E-state index in [0.717, 1.165) is 56.3 Å². The zero-order chi connectivity index (χ0) is 22.5. The van der Waals surface area contributed by atoms with Gasteiger partial charge in [0.25, 0.3) is 5.91 Å². The normalized spacial score (nSPS) is 27.8. The van der Waals surface area contributed by atoms with E-state index in [4.69, 9.17) is 9.88 Å². The van der Waals surface area contributed by atoms with Gasteiger partial charge in [0.15, 0.2) is 0 Å². The van der Waals surface area contributed by atoms with Crippen LogP contribution < -0.4 is 5.14 Å². The van der Waals surface area contributed by atoms with Gasteiger partial charge in [0.1, 0.15) is 0 Å². The number of amides is 2. The SMILES string of the molecule is NS(=O)(=O)c1cc(C(=O)N2CC3COCCC3(C(=O)N3CCCC3)C2)cc2c1CCCC2. The summed E-state index contributed by atoms with van der Waals surface area (Å²) in [7, 11) is -3.93. The number of hydrogen-bond donors (Lipinski definition) is 1. The molecule has 0 saturated carbocycles. The molecular weight excluding hydrogens is 430 g/mol. The van der Waals surface area contributed by atoms with Gasteiger partial charge in [-0.1, -0.05) is 0 Å². The number of primary sulfonamides is 1. The molecule has 3 saturated heterocycles. The van der Waals surface area contributed by atoms with Crippen LogP contribution in [0.5, 0.6) is 0 Å². The number of ether oxygens (including phenoxy) is 1. The van der Waals surface area contributed by atoms with Crippen LogP contribution in [0.4, 0.5) is 0 Å². The van der Waals surface area contributed by atoms with Gasteiger partial charge in [-0.3, -0.25) is 9.59 Å². The van der Waals surface area contributed by atoms with E-state index in [1.54, 1.807) is 4.90 Å². The van der Waals surface area contributed by atoms with Crippen molar-refractivity contribution in [2.24, 2.45) is 16.5 Å². The number of sulfonamides is 1. The van der Waals surface area contributed by atoms with Crippen molar-refractivity contribution < 1.29 is 22.7 Å². The van der Waals surface area contributed by atoms with Gasteiger partial charge < -0.3 is 14.5 Å². The minimum Gasteiger partial charge on any atom is -0.381 e. The van der Waals surface area contributed by atoms with Crippen molar-refractivity contribution in [3.63, 3.8) is 0 Å². The Morgan fingerprint density at radius 2 is 1.81 bits per heavy atom. The first-order chi connectivity index (χ1) is 15.3. The summed E-state index contributed by atoms with van der Waals surface area (Å²) in [5, 5.41) is 5.51. The maximum atomic E-state index is 13.6. The highest BCUT2D eigenvalue weighted by molar-refractivity contribution is 7.89. The first-order valence-electron chi connectivity index (χ1n) is 11.6. The number of nitrogens with zero attached hydrogens (tertiary/aromatic N) is 2. The number of fused-ring (bicyclic) bond motifs is 2. The van der Waals surface area contributed by atoms with Gasteiger partial charge in [-0.05, 0) is 68.2 Å².